The van der Waals surface area contributed by atoms with Gasteiger partial charge in [-0.15, -0.1) is 0 Å². The molecule has 0 aromatic heterocycles. The number of fused-ring (bicyclic) bond motifs is 1. The molecule has 3 rings (SSSR count). The Bertz CT molecular complexity index is 512. The molecule has 1 aromatic rings. The number of rotatable bonds is 6. The van der Waals surface area contributed by atoms with Crippen LogP contribution in [0.3, 0.4) is 0 Å². The van der Waals surface area contributed by atoms with E-state index in [2.05, 4.69) is 22.3 Å². The SMILES string of the molecule is CCOc1cc2c(cc1OCC)CN(CC1CCNCC1)CC2. The first-order valence-electron chi connectivity index (χ1n) is 9.14. The van der Waals surface area contributed by atoms with Gasteiger partial charge in [0.05, 0.1) is 13.2 Å². The standard InChI is InChI=1S/C19H30N2O2/c1-3-22-18-11-16-7-10-21(13-15-5-8-20-9-6-15)14-17(16)12-19(18)23-4-2/h11-12,15,20H,3-10,13-14H2,1-2H3. The zero-order valence-electron chi connectivity index (χ0n) is 14.6. The summed E-state index contributed by atoms with van der Waals surface area (Å²) in [6, 6.07) is 4.41. The van der Waals surface area contributed by atoms with Gasteiger partial charge in [0.1, 0.15) is 0 Å². The van der Waals surface area contributed by atoms with Gasteiger partial charge in [-0.25, -0.2) is 0 Å². The lowest BCUT2D eigenvalue weighted by Crippen LogP contribution is -2.38. The molecule has 0 atom stereocenters. The summed E-state index contributed by atoms with van der Waals surface area (Å²) >= 11 is 0. The zero-order valence-corrected chi connectivity index (χ0v) is 14.6. The minimum atomic E-state index is 0.678. The maximum Gasteiger partial charge on any atom is 0.161 e. The molecule has 1 N–H and O–H groups in total. The highest BCUT2D eigenvalue weighted by atomic mass is 16.5. The second-order valence-electron chi connectivity index (χ2n) is 6.61. The average Bonchev–Trinajstić information content (AvgIpc) is 2.57. The molecule has 0 unspecified atom stereocenters. The number of piperidine rings is 1. The van der Waals surface area contributed by atoms with Crippen molar-refractivity contribution in [3.63, 3.8) is 0 Å². The number of hydrogen-bond donors (Lipinski definition) is 1. The Balaban J connectivity index is 1.70. The molecule has 0 amide bonds. The third-order valence-corrected chi connectivity index (χ3v) is 4.93. The largest absolute Gasteiger partial charge is 0.490 e. The van der Waals surface area contributed by atoms with E-state index >= 15 is 0 Å². The first-order valence-corrected chi connectivity index (χ1v) is 9.14. The van der Waals surface area contributed by atoms with Gasteiger partial charge in [0.2, 0.25) is 0 Å². The van der Waals surface area contributed by atoms with Gasteiger partial charge in [-0.3, -0.25) is 4.90 Å². The van der Waals surface area contributed by atoms with Crippen LogP contribution >= 0.6 is 0 Å². The number of nitrogens with one attached hydrogen (secondary N) is 1. The van der Waals surface area contributed by atoms with Crippen molar-refractivity contribution in [1.82, 2.24) is 10.2 Å². The molecule has 1 fully saturated rings. The van der Waals surface area contributed by atoms with Crippen molar-refractivity contribution in [2.75, 3.05) is 39.4 Å². The average molecular weight is 318 g/mol. The van der Waals surface area contributed by atoms with Crippen LogP contribution in [-0.4, -0.2) is 44.3 Å². The highest BCUT2D eigenvalue weighted by Gasteiger charge is 2.23. The maximum absolute atomic E-state index is 5.79. The van der Waals surface area contributed by atoms with Gasteiger partial charge in [0.25, 0.3) is 0 Å². The van der Waals surface area contributed by atoms with E-state index in [0.717, 1.165) is 36.9 Å². The molecule has 128 valence electrons. The lowest BCUT2D eigenvalue weighted by Gasteiger charge is -2.34. The van der Waals surface area contributed by atoms with Gasteiger partial charge in [0, 0.05) is 19.6 Å². The van der Waals surface area contributed by atoms with Gasteiger partial charge in [0.15, 0.2) is 11.5 Å². The highest BCUT2D eigenvalue weighted by molar-refractivity contribution is 5.48. The lowest BCUT2D eigenvalue weighted by atomic mass is 9.94. The van der Waals surface area contributed by atoms with Crippen LogP contribution in [-0.2, 0) is 13.0 Å². The normalized spacial score (nSPS) is 19.4. The van der Waals surface area contributed by atoms with Gasteiger partial charge < -0.3 is 14.8 Å². The highest BCUT2D eigenvalue weighted by Crippen LogP contribution is 2.34. The molecular formula is C19H30N2O2. The third-order valence-electron chi connectivity index (χ3n) is 4.93. The smallest absolute Gasteiger partial charge is 0.161 e. The van der Waals surface area contributed by atoms with Crippen LogP contribution in [0.2, 0.25) is 0 Å². The minimum absolute atomic E-state index is 0.678. The molecule has 0 radical (unpaired) electrons. The molecule has 4 heteroatoms. The summed E-state index contributed by atoms with van der Waals surface area (Å²) in [5, 5.41) is 3.46. The molecule has 0 saturated carbocycles. The van der Waals surface area contributed by atoms with Crippen LogP contribution in [0.5, 0.6) is 11.5 Å². The van der Waals surface area contributed by atoms with Crippen LogP contribution in [0.1, 0.15) is 37.8 Å². The van der Waals surface area contributed by atoms with Gasteiger partial charge in [-0.05, 0) is 75.4 Å². The van der Waals surface area contributed by atoms with Crippen LogP contribution in [0.25, 0.3) is 0 Å². The summed E-state index contributed by atoms with van der Waals surface area (Å²) in [7, 11) is 0. The van der Waals surface area contributed by atoms with Crippen LogP contribution in [0, 0.1) is 5.92 Å². The summed E-state index contributed by atoms with van der Waals surface area (Å²) in [5.74, 6) is 2.66. The number of benzene rings is 1. The first-order chi connectivity index (χ1) is 11.3. The van der Waals surface area contributed by atoms with Crippen molar-refractivity contribution in [2.45, 2.75) is 39.7 Å². The number of hydrogen-bond acceptors (Lipinski definition) is 4. The van der Waals surface area contributed by atoms with Crippen molar-refractivity contribution in [3.8, 4) is 11.5 Å². The third kappa shape index (κ3) is 4.18. The molecule has 2 aliphatic rings. The van der Waals surface area contributed by atoms with E-state index in [1.54, 1.807) is 0 Å². The molecule has 4 nitrogen and oxygen atoms in total. The second-order valence-corrected chi connectivity index (χ2v) is 6.61. The first kappa shape index (κ1) is 16.6. The van der Waals surface area contributed by atoms with Crippen LogP contribution < -0.4 is 14.8 Å². The quantitative estimate of drug-likeness (QED) is 0.874. The van der Waals surface area contributed by atoms with E-state index < -0.39 is 0 Å². The Hall–Kier alpha value is -1.26. The molecule has 0 aliphatic carbocycles. The fraction of sp³-hybridized carbons (Fsp3) is 0.684. The van der Waals surface area contributed by atoms with Crippen molar-refractivity contribution < 1.29 is 9.47 Å². The van der Waals surface area contributed by atoms with Gasteiger partial charge >= 0.3 is 0 Å². The minimum Gasteiger partial charge on any atom is -0.490 e. The molecule has 2 aliphatic heterocycles. The fourth-order valence-corrected chi connectivity index (χ4v) is 3.74. The predicted octanol–water partition coefficient (Wildman–Crippen LogP) is 2.84. The summed E-state index contributed by atoms with van der Waals surface area (Å²) < 4.78 is 11.5. The van der Waals surface area contributed by atoms with Crippen molar-refractivity contribution >= 4 is 0 Å². The number of ether oxygens (including phenoxy) is 2. The maximum atomic E-state index is 5.79. The second kappa shape index (κ2) is 8.02. The Labute approximate surface area is 140 Å². The summed E-state index contributed by atoms with van der Waals surface area (Å²) in [6.45, 7) is 11.2. The van der Waals surface area contributed by atoms with Crippen molar-refractivity contribution in [1.29, 1.82) is 0 Å². The Morgan fingerprint density at radius 1 is 1.04 bits per heavy atom. The fourth-order valence-electron chi connectivity index (χ4n) is 3.74. The van der Waals surface area contributed by atoms with E-state index in [9.17, 15) is 0 Å². The van der Waals surface area contributed by atoms with E-state index in [1.807, 2.05) is 13.8 Å². The molecule has 2 heterocycles. The monoisotopic (exact) mass is 318 g/mol. The van der Waals surface area contributed by atoms with Crippen LogP contribution in [0.4, 0.5) is 0 Å². The van der Waals surface area contributed by atoms with Gasteiger partial charge in [-0.1, -0.05) is 0 Å². The molecule has 1 saturated heterocycles. The Morgan fingerprint density at radius 2 is 1.70 bits per heavy atom. The van der Waals surface area contributed by atoms with E-state index in [4.69, 9.17) is 9.47 Å². The van der Waals surface area contributed by atoms with E-state index in [0.29, 0.717) is 13.2 Å². The Morgan fingerprint density at radius 3 is 2.35 bits per heavy atom. The van der Waals surface area contributed by atoms with E-state index in [1.165, 1.54) is 43.6 Å². The molecule has 0 spiro atoms. The number of nitrogens with zero attached hydrogens (tertiary/aromatic N) is 1. The molecule has 0 bridgehead atoms. The van der Waals surface area contributed by atoms with Crippen molar-refractivity contribution in [2.24, 2.45) is 5.92 Å². The Kier molecular flexibility index (Phi) is 5.79. The lowest BCUT2D eigenvalue weighted by molar-refractivity contribution is 0.190. The predicted molar refractivity (Wildman–Crippen MR) is 93.4 cm³/mol. The molecule has 23 heavy (non-hydrogen) atoms. The summed E-state index contributed by atoms with van der Waals surface area (Å²) in [5.41, 5.74) is 2.84. The van der Waals surface area contributed by atoms with Gasteiger partial charge in [-0.2, -0.15) is 0 Å². The molecular weight excluding hydrogens is 288 g/mol. The van der Waals surface area contributed by atoms with Crippen LogP contribution in [0.15, 0.2) is 12.1 Å². The summed E-state index contributed by atoms with van der Waals surface area (Å²) in [4.78, 5) is 2.62. The zero-order chi connectivity index (χ0) is 16.1. The topological polar surface area (TPSA) is 33.7 Å². The van der Waals surface area contributed by atoms with E-state index in [-0.39, 0.29) is 0 Å². The summed E-state index contributed by atoms with van der Waals surface area (Å²) in [6.07, 6.45) is 3.75. The van der Waals surface area contributed by atoms with Crippen molar-refractivity contribution in [3.05, 3.63) is 23.3 Å². The molecule has 1 aromatic carbocycles.